The summed E-state index contributed by atoms with van der Waals surface area (Å²) < 4.78 is 11.5. The molecule has 1 saturated heterocycles. The van der Waals surface area contributed by atoms with E-state index < -0.39 is 20.2 Å². The van der Waals surface area contributed by atoms with Gasteiger partial charge in [0.05, 0.1) is 25.2 Å². The molecule has 4 nitrogen and oxygen atoms in total. The van der Waals surface area contributed by atoms with Gasteiger partial charge in [-0.25, -0.2) is 0 Å². The Kier molecular flexibility index (Phi) is 4.38. The highest BCUT2D eigenvalue weighted by atomic mass is 28.4. The molecule has 1 fully saturated rings. The molecule has 100 valence electrons. The summed E-state index contributed by atoms with van der Waals surface area (Å²) in [6, 6.07) is 0. The summed E-state index contributed by atoms with van der Waals surface area (Å²) in [5.41, 5.74) is 0. The van der Waals surface area contributed by atoms with E-state index in [4.69, 9.17) is 14.3 Å². The lowest BCUT2D eigenvalue weighted by atomic mass is 10.0. The Hall–Kier alpha value is -0.393. The van der Waals surface area contributed by atoms with Gasteiger partial charge in [-0.05, 0) is 24.6 Å². The predicted molar refractivity (Wildman–Crippen MR) is 68.6 cm³/mol. The van der Waals surface area contributed by atoms with Gasteiger partial charge in [-0.1, -0.05) is 20.8 Å². The van der Waals surface area contributed by atoms with Crippen LogP contribution in [0.2, 0.25) is 18.1 Å². The van der Waals surface area contributed by atoms with E-state index in [1.165, 1.54) is 0 Å². The summed E-state index contributed by atoms with van der Waals surface area (Å²) in [6.07, 6.45) is 0.507. The van der Waals surface area contributed by atoms with Gasteiger partial charge in [-0.3, -0.25) is 4.79 Å². The molecule has 0 unspecified atom stereocenters. The summed E-state index contributed by atoms with van der Waals surface area (Å²) in [5, 5.41) is 9.13. The van der Waals surface area contributed by atoms with Crippen molar-refractivity contribution in [2.75, 3.05) is 13.2 Å². The standard InChI is InChI=1S/C12H24O4Si/c1-12(2,3)17(4,5)16-10-6-9(11(13)14)7-15-8-10/h9-10H,6-8H2,1-5H3,(H,13,14)/t9-,10-/m0/s1. The van der Waals surface area contributed by atoms with Crippen LogP contribution in [0.5, 0.6) is 0 Å². The number of hydrogen-bond acceptors (Lipinski definition) is 3. The molecular formula is C12H24O4Si. The average Bonchev–Trinajstić information content (AvgIpc) is 2.15. The summed E-state index contributed by atoms with van der Waals surface area (Å²) in [5.74, 6) is -1.20. The smallest absolute Gasteiger partial charge is 0.308 e. The fourth-order valence-corrected chi connectivity index (χ4v) is 2.99. The van der Waals surface area contributed by atoms with Crippen LogP contribution in [-0.2, 0) is 14.0 Å². The van der Waals surface area contributed by atoms with Gasteiger partial charge in [0.15, 0.2) is 8.32 Å². The zero-order chi connectivity index (χ0) is 13.3. The van der Waals surface area contributed by atoms with E-state index in [2.05, 4.69) is 33.9 Å². The van der Waals surface area contributed by atoms with Crippen LogP contribution in [0, 0.1) is 5.92 Å². The fourth-order valence-electron chi connectivity index (χ4n) is 1.64. The normalized spacial score (nSPS) is 26.9. The maximum absolute atomic E-state index is 10.9. The molecule has 0 saturated carbocycles. The van der Waals surface area contributed by atoms with Gasteiger partial charge in [-0.15, -0.1) is 0 Å². The van der Waals surface area contributed by atoms with Crippen molar-refractivity contribution in [1.29, 1.82) is 0 Å². The number of carboxylic acids is 1. The summed E-state index contributed by atoms with van der Waals surface area (Å²) in [4.78, 5) is 10.9. The second kappa shape index (κ2) is 5.08. The van der Waals surface area contributed by atoms with Crippen LogP contribution in [-0.4, -0.2) is 38.7 Å². The van der Waals surface area contributed by atoms with Crippen LogP contribution in [0.1, 0.15) is 27.2 Å². The molecule has 1 heterocycles. The maximum Gasteiger partial charge on any atom is 0.308 e. The highest BCUT2D eigenvalue weighted by Crippen LogP contribution is 2.38. The molecule has 0 aliphatic carbocycles. The van der Waals surface area contributed by atoms with Crippen molar-refractivity contribution < 1.29 is 19.1 Å². The van der Waals surface area contributed by atoms with Gasteiger partial charge in [0.2, 0.25) is 0 Å². The SMILES string of the molecule is CC(C)(C)[Si](C)(C)O[C@@H]1COC[C@@H](C(=O)O)C1. The Morgan fingerprint density at radius 1 is 1.35 bits per heavy atom. The van der Waals surface area contributed by atoms with E-state index in [1.54, 1.807) is 0 Å². The second-order valence-electron chi connectivity index (χ2n) is 6.31. The third-order valence-corrected chi connectivity index (χ3v) is 8.32. The van der Waals surface area contributed by atoms with E-state index in [0.717, 1.165) is 0 Å². The lowest BCUT2D eigenvalue weighted by molar-refractivity contribution is -0.149. The van der Waals surface area contributed by atoms with Crippen LogP contribution in [0.3, 0.4) is 0 Å². The van der Waals surface area contributed by atoms with Gasteiger partial charge in [-0.2, -0.15) is 0 Å². The molecule has 1 N–H and O–H groups in total. The van der Waals surface area contributed by atoms with E-state index >= 15 is 0 Å². The van der Waals surface area contributed by atoms with Gasteiger partial charge < -0.3 is 14.3 Å². The molecule has 0 aromatic heterocycles. The maximum atomic E-state index is 10.9. The Bertz CT molecular complexity index is 283. The lowest BCUT2D eigenvalue weighted by Crippen LogP contribution is -2.47. The molecule has 0 aromatic carbocycles. The van der Waals surface area contributed by atoms with E-state index in [9.17, 15) is 4.79 Å². The molecule has 17 heavy (non-hydrogen) atoms. The zero-order valence-electron chi connectivity index (χ0n) is 11.4. The minimum absolute atomic E-state index is 0.0641. The van der Waals surface area contributed by atoms with Crippen LogP contribution in [0.15, 0.2) is 0 Å². The van der Waals surface area contributed by atoms with Crippen molar-refractivity contribution in [3.05, 3.63) is 0 Å². The lowest BCUT2D eigenvalue weighted by Gasteiger charge is -2.41. The molecular weight excluding hydrogens is 236 g/mol. The molecule has 0 radical (unpaired) electrons. The summed E-state index contributed by atoms with van der Waals surface area (Å²) in [7, 11) is -1.83. The molecule has 1 aliphatic rings. The largest absolute Gasteiger partial charge is 0.481 e. The Morgan fingerprint density at radius 2 is 1.94 bits per heavy atom. The van der Waals surface area contributed by atoms with Gasteiger partial charge in [0, 0.05) is 0 Å². The first-order valence-electron chi connectivity index (χ1n) is 6.12. The van der Waals surface area contributed by atoms with Crippen molar-refractivity contribution in [1.82, 2.24) is 0 Å². The van der Waals surface area contributed by atoms with Crippen LogP contribution < -0.4 is 0 Å². The zero-order valence-corrected chi connectivity index (χ0v) is 12.4. The number of aliphatic carboxylic acids is 1. The third-order valence-electron chi connectivity index (χ3n) is 3.79. The first-order chi connectivity index (χ1) is 7.63. The van der Waals surface area contributed by atoms with Gasteiger partial charge in [0.1, 0.15) is 0 Å². The van der Waals surface area contributed by atoms with Crippen LogP contribution >= 0.6 is 0 Å². The van der Waals surface area contributed by atoms with E-state index in [-0.39, 0.29) is 11.1 Å². The molecule has 1 rings (SSSR count). The Morgan fingerprint density at radius 3 is 2.41 bits per heavy atom. The summed E-state index contributed by atoms with van der Waals surface area (Å²) in [6.45, 7) is 11.7. The van der Waals surface area contributed by atoms with Crippen molar-refractivity contribution >= 4 is 14.3 Å². The molecule has 0 bridgehead atoms. The van der Waals surface area contributed by atoms with Gasteiger partial charge in [0.25, 0.3) is 0 Å². The molecule has 2 atom stereocenters. The molecule has 0 spiro atoms. The molecule has 0 amide bonds. The van der Waals surface area contributed by atoms with Gasteiger partial charge >= 0.3 is 5.97 Å². The minimum atomic E-state index is -1.83. The van der Waals surface area contributed by atoms with E-state index in [1.807, 2.05) is 0 Å². The van der Waals surface area contributed by atoms with Crippen molar-refractivity contribution in [2.45, 2.75) is 51.4 Å². The Labute approximate surface area is 104 Å². The number of carbonyl (C=O) groups is 1. The molecule has 0 aromatic rings. The number of rotatable bonds is 3. The highest BCUT2D eigenvalue weighted by Gasteiger charge is 2.40. The quantitative estimate of drug-likeness (QED) is 0.792. The number of ether oxygens (including phenoxy) is 1. The first kappa shape index (κ1) is 14.7. The Balaban J connectivity index is 2.60. The molecule has 5 heteroatoms. The second-order valence-corrected chi connectivity index (χ2v) is 11.1. The highest BCUT2D eigenvalue weighted by molar-refractivity contribution is 6.74. The number of hydrogen-bond donors (Lipinski definition) is 1. The van der Waals surface area contributed by atoms with Crippen LogP contribution in [0.25, 0.3) is 0 Å². The van der Waals surface area contributed by atoms with Crippen molar-refractivity contribution in [2.24, 2.45) is 5.92 Å². The van der Waals surface area contributed by atoms with Crippen LogP contribution in [0.4, 0.5) is 0 Å². The summed E-state index contributed by atoms with van der Waals surface area (Å²) >= 11 is 0. The fraction of sp³-hybridized carbons (Fsp3) is 0.917. The van der Waals surface area contributed by atoms with Crippen molar-refractivity contribution in [3.63, 3.8) is 0 Å². The van der Waals surface area contributed by atoms with E-state index in [0.29, 0.717) is 19.6 Å². The minimum Gasteiger partial charge on any atom is -0.481 e. The number of carboxylic acid groups (broad SMARTS) is 1. The third kappa shape index (κ3) is 3.79. The monoisotopic (exact) mass is 260 g/mol. The van der Waals surface area contributed by atoms with Crippen molar-refractivity contribution in [3.8, 4) is 0 Å². The topological polar surface area (TPSA) is 55.8 Å². The predicted octanol–water partition coefficient (Wildman–Crippen LogP) is 2.50. The average molecular weight is 260 g/mol. The molecule has 1 aliphatic heterocycles. The first-order valence-corrected chi connectivity index (χ1v) is 9.02.